The van der Waals surface area contributed by atoms with Crippen molar-refractivity contribution in [2.75, 3.05) is 18.9 Å². The molecule has 0 amide bonds. The van der Waals surface area contributed by atoms with E-state index in [1.165, 1.54) is 6.33 Å². The Hall–Kier alpha value is -1.48. The van der Waals surface area contributed by atoms with Crippen molar-refractivity contribution in [1.82, 2.24) is 19.5 Å². The second-order valence-corrected chi connectivity index (χ2v) is 11.3. The van der Waals surface area contributed by atoms with E-state index in [4.69, 9.17) is 25.0 Å². The van der Waals surface area contributed by atoms with Crippen molar-refractivity contribution in [3.05, 3.63) is 6.33 Å². The summed E-state index contributed by atoms with van der Waals surface area (Å²) in [6.07, 6.45) is 0.387. The Balaban J connectivity index is 1.69. The lowest BCUT2D eigenvalue weighted by molar-refractivity contribution is -0.0290. The first-order chi connectivity index (χ1) is 15.2. The van der Waals surface area contributed by atoms with Gasteiger partial charge in [-0.1, -0.05) is 6.92 Å². The Kier molecular flexibility index (Phi) is 7.63. The zero-order chi connectivity index (χ0) is 24.6. The highest BCUT2D eigenvalue weighted by molar-refractivity contribution is 7.66. The molecule has 33 heavy (non-hydrogen) atoms. The number of hydrogen-bond donors (Lipinski definition) is 5. The van der Waals surface area contributed by atoms with Gasteiger partial charge in [-0.05, 0) is 13.3 Å². The number of nitrogens with two attached hydrogens (primary N) is 1. The van der Waals surface area contributed by atoms with Crippen molar-refractivity contribution in [3.8, 4) is 5.88 Å². The van der Waals surface area contributed by atoms with Crippen molar-refractivity contribution in [3.63, 3.8) is 0 Å². The molecule has 3 heterocycles. The van der Waals surface area contributed by atoms with Gasteiger partial charge in [0.25, 0.3) is 0 Å². The van der Waals surface area contributed by atoms with E-state index in [1.54, 1.807) is 11.5 Å². The Morgan fingerprint density at radius 2 is 1.88 bits per heavy atom. The summed E-state index contributed by atoms with van der Waals surface area (Å²) in [5.74, 6) is -0.000158. The number of imidazole rings is 1. The molecule has 1 fully saturated rings. The fourth-order valence-corrected chi connectivity index (χ4v) is 6.23. The summed E-state index contributed by atoms with van der Waals surface area (Å²) >= 11 is 0. The molecule has 5 atom stereocenters. The molecule has 2 aromatic heterocycles. The third-order valence-corrected chi connectivity index (χ3v) is 8.06. The summed E-state index contributed by atoms with van der Waals surface area (Å²) in [6.45, 7) is 3.37. The number of phosphoric acid groups is 3. The minimum Gasteiger partial charge on any atom is -0.476 e. The maximum absolute atomic E-state index is 11.9. The fourth-order valence-electron chi connectivity index (χ4n) is 3.18. The van der Waals surface area contributed by atoms with Crippen molar-refractivity contribution < 1.29 is 55.9 Å². The lowest BCUT2D eigenvalue weighted by atomic mass is 10.1. The van der Waals surface area contributed by atoms with Crippen molar-refractivity contribution in [2.45, 2.75) is 32.6 Å². The first kappa shape index (κ1) is 26.1. The maximum atomic E-state index is 11.9. The molecule has 0 spiro atoms. The minimum absolute atomic E-state index is 0.0393. The van der Waals surface area contributed by atoms with Gasteiger partial charge in [0.2, 0.25) is 11.8 Å². The van der Waals surface area contributed by atoms with Crippen LogP contribution in [0.4, 0.5) is 5.95 Å². The van der Waals surface area contributed by atoms with E-state index < -0.39 is 42.4 Å². The lowest BCUT2D eigenvalue weighted by Gasteiger charge is -2.19. The van der Waals surface area contributed by atoms with Gasteiger partial charge in [0.1, 0.15) is 6.23 Å². The number of nitrogen functional groups attached to an aromatic ring is 1. The Bertz CT molecular complexity index is 1150. The number of phosphoric ester groups is 1. The van der Waals surface area contributed by atoms with Gasteiger partial charge in [0, 0.05) is 5.92 Å². The molecule has 2 aromatic rings. The molecule has 0 radical (unpaired) electrons. The van der Waals surface area contributed by atoms with Gasteiger partial charge in [0.05, 0.1) is 25.6 Å². The quantitative estimate of drug-likeness (QED) is 0.268. The van der Waals surface area contributed by atoms with Crippen LogP contribution in [0.15, 0.2) is 6.33 Å². The Morgan fingerprint density at radius 3 is 2.52 bits per heavy atom. The van der Waals surface area contributed by atoms with Crippen LogP contribution >= 0.6 is 23.5 Å². The average Bonchev–Trinajstić information content (AvgIpc) is 3.20. The van der Waals surface area contributed by atoms with Gasteiger partial charge in [0.15, 0.2) is 11.2 Å². The summed E-state index contributed by atoms with van der Waals surface area (Å²) in [5, 5.41) is 0. The molecule has 3 unspecified atom stereocenters. The summed E-state index contributed by atoms with van der Waals surface area (Å²) in [4.78, 5) is 48.3. The highest BCUT2D eigenvalue weighted by atomic mass is 31.3. The van der Waals surface area contributed by atoms with E-state index >= 15 is 0 Å². The lowest BCUT2D eigenvalue weighted by Crippen LogP contribution is -2.17. The zero-order valence-corrected chi connectivity index (χ0v) is 19.9. The second-order valence-electron chi connectivity index (χ2n) is 6.89. The van der Waals surface area contributed by atoms with Crippen LogP contribution in [-0.2, 0) is 31.6 Å². The number of aromatic nitrogens is 4. The smallest absolute Gasteiger partial charge is 0.476 e. The molecule has 3 rings (SSSR count). The molecule has 20 heteroatoms. The fraction of sp³-hybridized carbons (Fsp3) is 0.615. The van der Waals surface area contributed by atoms with E-state index in [0.717, 1.165) is 0 Å². The maximum Gasteiger partial charge on any atom is 0.490 e. The largest absolute Gasteiger partial charge is 0.490 e. The number of fused-ring (bicyclic) bond motifs is 1. The molecule has 1 aliphatic rings. The molecule has 0 bridgehead atoms. The summed E-state index contributed by atoms with van der Waals surface area (Å²) in [5.41, 5.74) is 6.45. The van der Waals surface area contributed by atoms with Crippen molar-refractivity contribution >= 4 is 40.6 Å². The molecular weight excluding hydrogens is 511 g/mol. The number of nitrogens with zero attached hydrogens (tertiary/aromatic N) is 4. The van der Waals surface area contributed by atoms with Crippen LogP contribution in [0.1, 0.15) is 26.5 Å². The zero-order valence-electron chi connectivity index (χ0n) is 17.2. The van der Waals surface area contributed by atoms with Crippen LogP contribution < -0.4 is 10.5 Å². The number of anilines is 1. The molecular formula is C13H22N5O12P3. The molecule has 1 aliphatic heterocycles. The Labute approximate surface area is 186 Å². The molecule has 0 aliphatic carbocycles. The third-order valence-electron chi connectivity index (χ3n) is 4.25. The first-order valence-corrected chi connectivity index (χ1v) is 13.8. The van der Waals surface area contributed by atoms with E-state index in [-0.39, 0.29) is 17.7 Å². The molecule has 1 saturated heterocycles. The van der Waals surface area contributed by atoms with Gasteiger partial charge in [-0.3, -0.25) is 9.09 Å². The molecule has 6 N–H and O–H groups in total. The normalized spacial score (nSPS) is 25.1. The predicted molar refractivity (Wildman–Crippen MR) is 108 cm³/mol. The summed E-state index contributed by atoms with van der Waals surface area (Å²) < 4.78 is 58.9. The van der Waals surface area contributed by atoms with E-state index in [1.807, 2.05) is 6.92 Å². The van der Waals surface area contributed by atoms with E-state index in [2.05, 4.69) is 28.1 Å². The standard InChI is InChI=1S/C13H22N5O12P3/c1-3-26-11-9-10(16-13(14)17-11)18(6-15-9)12-7(2)4-8(28-12)5-27-32(22,23)30-33(24,25)29-31(19,20)21/h6-8,12H,3-5H2,1-2H3,(H,22,23)(H,24,25)(H2,14,16,17)(H2,19,20,21)/t7-,8?,12+/m0/s1. The molecule has 0 saturated carbocycles. The second kappa shape index (κ2) is 9.64. The van der Waals surface area contributed by atoms with Crippen LogP contribution in [0.25, 0.3) is 11.2 Å². The van der Waals surface area contributed by atoms with Gasteiger partial charge in [-0.25, -0.2) is 18.7 Å². The number of hydrogen-bond acceptors (Lipinski definition) is 12. The topological polar surface area (TPSA) is 248 Å². The summed E-state index contributed by atoms with van der Waals surface area (Å²) in [6, 6.07) is 0. The number of rotatable bonds is 10. The van der Waals surface area contributed by atoms with Crippen LogP contribution in [-0.4, -0.2) is 58.4 Å². The van der Waals surface area contributed by atoms with Gasteiger partial charge >= 0.3 is 23.5 Å². The van der Waals surface area contributed by atoms with E-state index in [9.17, 15) is 23.5 Å². The molecule has 17 nitrogen and oxygen atoms in total. The van der Waals surface area contributed by atoms with Crippen molar-refractivity contribution in [2.24, 2.45) is 5.92 Å². The highest BCUT2D eigenvalue weighted by Gasteiger charge is 2.42. The Morgan fingerprint density at radius 1 is 1.18 bits per heavy atom. The van der Waals surface area contributed by atoms with Gasteiger partial charge in [-0.15, -0.1) is 0 Å². The van der Waals surface area contributed by atoms with Crippen LogP contribution in [0.5, 0.6) is 5.88 Å². The predicted octanol–water partition coefficient (Wildman–Crippen LogP) is 1.07. The highest BCUT2D eigenvalue weighted by Crippen LogP contribution is 2.66. The SMILES string of the molecule is CCOc1nc(N)nc2c1ncn2[C@@H]1OC(COP(=O)(O)OP(=O)(O)OP(=O)(O)O)C[C@@H]1C. The molecule has 186 valence electrons. The summed E-state index contributed by atoms with van der Waals surface area (Å²) in [7, 11) is -16.3. The first-order valence-electron chi connectivity index (χ1n) is 9.26. The van der Waals surface area contributed by atoms with Crippen LogP contribution in [0.2, 0.25) is 0 Å². The monoisotopic (exact) mass is 533 g/mol. The van der Waals surface area contributed by atoms with E-state index in [0.29, 0.717) is 24.2 Å². The van der Waals surface area contributed by atoms with Gasteiger partial charge < -0.3 is 34.8 Å². The minimum atomic E-state index is -5.60. The third kappa shape index (κ3) is 6.78. The van der Waals surface area contributed by atoms with Gasteiger partial charge in [-0.2, -0.15) is 18.6 Å². The van der Waals surface area contributed by atoms with Crippen molar-refractivity contribution in [1.29, 1.82) is 0 Å². The van der Waals surface area contributed by atoms with Crippen LogP contribution in [0.3, 0.4) is 0 Å². The van der Waals surface area contributed by atoms with Crippen LogP contribution in [0, 0.1) is 5.92 Å². The molecule has 0 aromatic carbocycles. The average molecular weight is 533 g/mol. The number of ether oxygens (including phenoxy) is 2.